The molecular weight excluding hydrogens is 350 g/mol. The number of rotatable bonds is 6. The molecule has 7 nitrogen and oxygen atoms in total. The number of hydrogen-bond acceptors (Lipinski definition) is 6. The lowest BCUT2D eigenvalue weighted by molar-refractivity contribution is -0.134. The van der Waals surface area contributed by atoms with Crippen LogP contribution in [0.5, 0.6) is 17.2 Å². The van der Waals surface area contributed by atoms with Crippen molar-refractivity contribution < 1.29 is 28.9 Å². The molecule has 27 heavy (non-hydrogen) atoms. The van der Waals surface area contributed by atoms with Crippen LogP contribution in [0.4, 0.5) is 0 Å². The van der Waals surface area contributed by atoms with Gasteiger partial charge in [0.2, 0.25) is 0 Å². The van der Waals surface area contributed by atoms with E-state index in [9.17, 15) is 14.7 Å². The van der Waals surface area contributed by atoms with Gasteiger partial charge in [0.25, 0.3) is 5.91 Å². The molecule has 0 aromatic heterocycles. The molecular formula is C20H21NO6. The van der Waals surface area contributed by atoms with Gasteiger partial charge in [-0.15, -0.1) is 0 Å². The van der Waals surface area contributed by atoms with Crippen molar-refractivity contribution in [1.82, 2.24) is 4.90 Å². The average Bonchev–Trinajstić information content (AvgIpc) is 2.70. The van der Waals surface area contributed by atoms with Gasteiger partial charge in [-0.05, 0) is 48.9 Å². The first-order valence-corrected chi connectivity index (χ1v) is 8.69. The maximum atomic E-state index is 12.4. The lowest BCUT2D eigenvalue weighted by Crippen LogP contribution is -2.34. The fourth-order valence-electron chi connectivity index (χ4n) is 2.68. The van der Waals surface area contributed by atoms with Gasteiger partial charge < -0.3 is 24.2 Å². The maximum Gasteiger partial charge on any atom is 0.338 e. The second kappa shape index (κ2) is 8.44. The number of likely N-dealkylation sites (N-methyl/N-ethyl adjacent to an activating group) is 1. The highest BCUT2D eigenvalue weighted by Gasteiger charge is 2.18. The van der Waals surface area contributed by atoms with Crippen molar-refractivity contribution in [1.29, 1.82) is 0 Å². The summed E-state index contributed by atoms with van der Waals surface area (Å²) in [6.45, 7) is 3.39. The van der Waals surface area contributed by atoms with Crippen molar-refractivity contribution in [2.24, 2.45) is 0 Å². The summed E-state index contributed by atoms with van der Waals surface area (Å²) in [6.07, 6.45) is 0. The van der Waals surface area contributed by atoms with E-state index in [1.807, 2.05) is 25.1 Å². The standard InChI is InChI=1S/C20H21NO6/c1-2-21(12-14-3-8-17-18(11-14)26-10-9-25-17)19(23)13-27-20(24)15-4-6-16(22)7-5-15/h3-8,11,22H,2,9-10,12-13H2,1H3. The van der Waals surface area contributed by atoms with Crippen molar-refractivity contribution in [3.05, 3.63) is 53.6 Å². The zero-order chi connectivity index (χ0) is 19.2. The number of nitrogens with zero attached hydrogens (tertiary/aromatic N) is 1. The Morgan fingerprint density at radius 3 is 2.48 bits per heavy atom. The van der Waals surface area contributed by atoms with Crippen LogP contribution >= 0.6 is 0 Å². The Labute approximate surface area is 157 Å². The first kappa shape index (κ1) is 18.6. The third-order valence-electron chi connectivity index (χ3n) is 4.14. The van der Waals surface area contributed by atoms with Crippen molar-refractivity contribution in [2.75, 3.05) is 26.4 Å². The average molecular weight is 371 g/mol. The van der Waals surface area contributed by atoms with Crippen molar-refractivity contribution in [3.8, 4) is 17.2 Å². The molecule has 3 rings (SSSR count). The van der Waals surface area contributed by atoms with E-state index in [4.69, 9.17) is 14.2 Å². The van der Waals surface area contributed by atoms with Crippen molar-refractivity contribution in [2.45, 2.75) is 13.5 Å². The van der Waals surface area contributed by atoms with Gasteiger partial charge in [-0.3, -0.25) is 4.79 Å². The molecule has 1 aliphatic heterocycles. The molecule has 2 aromatic carbocycles. The Morgan fingerprint density at radius 1 is 1.07 bits per heavy atom. The number of ether oxygens (including phenoxy) is 3. The molecule has 142 valence electrons. The highest BCUT2D eigenvalue weighted by atomic mass is 16.6. The fraction of sp³-hybridized carbons (Fsp3) is 0.300. The molecule has 0 radical (unpaired) electrons. The molecule has 0 aliphatic carbocycles. The van der Waals surface area contributed by atoms with Crippen LogP contribution in [0.3, 0.4) is 0 Å². The molecule has 1 heterocycles. The van der Waals surface area contributed by atoms with Crippen LogP contribution in [0, 0.1) is 0 Å². The predicted octanol–water partition coefficient (Wildman–Crippen LogP) is 2.37. The number of fused-ring (bicyclic) bond motifs is 1. The van der Waals surface area contributed by atoms with Gasteiger partial charge in [-0.25, -0.2) is 4.79 Å². The van der Waals surface area contributed by atoms with Gasteiger partial charge in [0, 0.05) is 13.1 Å². The molecule has 1 amide bonds. The predicted molar refractivity (Wildman–Crippen MR) is 96.9 cm³/mol. The summed E-state index contributed by atoms with van der Waals surface area (Å²) in [7, 11) is 0. The molecule has 0 spiro atoms. The number of aromatic hydroxyl groups is 1. The number of esters is 1. The summed E-state index contributed by atoms with van der Waals surface area (Å²) < 4.78 is 16.1. The third-order valence-corrected chi connectivity index (χ3v) is 4.14. The number of phenolic OH excluding ortho intramolecular Hbond substituents is 1. The van der Waals surface area contributed by atoms with Crippen LogP contribution in [0.15, 0.2) is 42.5 Å². The molecule has 0 atom stereocenters. The Hall–Kier alpha value is -3.22. The molecule has 1 N–H and O–H groups in total. The van der Waals surface area contributed by atoms with Gasteiger partial charge in [0.1, 0.15) is 19.0 Å². The SMILES string of the molecule is CCN(Cc1ccc2c(c1)OCCO2)C(=O)COC(=O)c1ccc(O)cc1. The second-order valence-electron chi connectivity index (χ2n) is 6.01. The largest absolute Gasteiger partial charge is 0.508 e. The molecule has 1 aliphatic rings. The second-order valence-corrected chi connectivity index (χ2v) is 6.01. The topological polar surface area (TPSA) is 85.3 Å². The Kier molecular flexibility index (Phi) is 5.80. The van der Waals surface area contributed by atoms with Gasteiger partial charge in [0.05, 0.1) is 5.56 Å². The van der Waals surface area contributed by atoms with E-state index in [1.54, 1.807) is 4.90 Å². The van der Waals surface area contributed by atoms with E-state index in [2.05, 4.69) is 0 Å². The van der Waals surface area contributed by atoms with Crippen LogP contribution in [-0.2, 0) is 16.1 Å². The number of hydrogen-bond donors (Lipinski definition) is 1. The van der Waals surface area contributed by atoms with E-state index >= 15 is 0 Å². The summed E-state index contributed by atoms with van der Waals surface area (Å²) >= 11 is 0. The van der Waals surface area contributed by atoms with Gasteiger partial charge in [0.15, 0.2) is 18.1 Å². The van der Waals surface area contributed by atoms with Crippen LogP contribution < -0.4 is 9.47 Å². The third kappa shape index (κ3) is 4.69. The number of carbonyl (C=O) groups excluding carboxylic acids is 2. The molecule has 2 aromatic rings. The highest BCUT2D eigenvalue weighted by molar-refractivity contribution is 5.91. The Balaban J connectivity index is 1.57. The summed E-state index contributed by atoms with van der Waals surface area (Å²) in [5.74, 6) is 0.515. The fourth-order valence-corrected chi connectivity index (χ4v) is 2.68. The monoisotopic (exact) mass is 371 g/mol. The lowest BCUT2D eigenvalue weighted by Gasteiger charge is -2.23. The highest BCUT2D eigenvalue weighted by Crippen LogP contribution is 2.31. The van der Waals surface area contributed by atoms with Gasteiger partial charge in [-0.2, -0.15) is 0 Å². The lowest BCUT2D eigenvalue weighted by atomic mass is 10.1. The van der Waals surface area contributed by atoms with E-state index in [1.165, 1.54) is 24.3 Å². The van der Waals surface area contributed by atoms with E-state index < -0.39 is 5.97 Å². The quantitative estimate of drug-likeness (QED) is 0.785. The molecule has 0 saturated carbocycles. The number of phenols is 1. The van der Waals surface area contributed by atoms with E-state index in [0.29, 0.717) is 37.8 Å². The molecule has 0 unspecified atom stereocenters. The molecule has 0 saturated heterocycles. The van der Waals surface area contributed by atoms with Crippen LogP contribution in [-0.4, -0.2) is 48.2 Å². The zero-order valence-corrected chi connectivity index (χ0v) is 15.0. The number of carbonyl (C=O) groups is 2. The summed E-state index contributed by atoms with van der Waals surface area (Å²) in [4.78, 5) is 26.0. The number of amides is 1. The minimum absolute atomic E-state index is 0.0548. The summed E-state index contributed by atoms with van der Waals surface area (Å²) in [6, 6.07) is 11.2. The Morgan fingerprint density at radius 2 is 1.78 bits per heavy atom. The van der Waals surface area contributed by atoms with E-state index in [-0.39, 0.29) is 23.8 Å². The smallest absolute Gasteiger partial charge is 0.338 e. The Bertz CT molecular complexity index is 818. The van der Waals surface area contributed by atoms with Gasteiger partial charge >= 0.3 is 5.97 Å². The maximum absolute atomic E-state index is 12.4. The van der Waals surface area contributed by atoms with Crippen molar-refractivity contribution in [3.63, 3.8) is 0 Å². The number of benzene rings is 2. The summed E-state index contributed by atoms with van der Waals surface area (Å²) in [5.41, 5.74) is 1.18. The van der Waals surface area contributed by atoms with Gasteiger partial charge in [-0.1, -0.05) is 6.07 Å². The minimum Gasteiger partial charge on any atom is -0.508 e. The molecule has 0 fully saturated rings. The minimum atomic E-state index is -0.612. The van der Waals surface area contributed by atoms with E-state index in [0.717, 1.165) is 5.56 Å². The first-order valence-electron chi connectivity index (χ1n) is 8.69. The zero-order valence-electron chi connectivity index (χ0n) is 15.0. The molecule has 0 bridgehead atoms. The van der Waals surface area contributed by atoms with Crippen LogP contribution in [0.25, 0.3) is 0 Å². The first-order chi connectivity index (χ1) is 13.1. The summed E-state index contributed by atoms with van der Waals surface area (Å²) in [5, 5.41) is 9.25. The van der Waals surface area contributed by atoms with Crippen LogP contribution in [0.2, 0.25) is 0 Å². The van der Waals surface area contributed by atoms with Crippen molar-refractivity contribution >= 4 is 11.9 Å². The molecule has 7 heteroatoms. The normalized spacial score (nSPS) is 12.3. The van der Waals surface area contributed by atoms with Crippen LogP contribution in [0.1, 0.15) is 22.8 Å².